The summed E-state index contributed by atoms with van der Waals surface area (Å²) in [5, 5.41) is 0.766. The van der Waals surface area contributed by atoms with Crippen molar-refractivity contribution < 1.29 is 23.8 Å². The van der Waals surface area contributed by atoms with Crippen LogP contribution in [0.2, 0.25) is 10.0 Å². The highest BCUT2D eigenvalue weighted by Gasteiger charge is 2.34. The van der Waals surface area contributed by atoms with Gasteiger partial charge in [0, 0.05) is 6.92 Å². The average molecular weight is 561 g/mol. The van der Waals surface area contributed by atoms with Gasteiger partial charge in [-0.2, -0.15) is 0 Å². The summed E-state index contributed by atoms with van der Waals surface area (Å²) in [6, 6.07) is 9.04. The van der Waals surface area contributed by atoms with E-state index in [1.54, 1.807) is 56.3 Å². The van der Waals surface area contributed by atoms with E-state index in [0.717, 1.165) is 0 Å². The molecule has 1 aromatic heterocycles. The van der Waals surface area contributed by atoms with Crippen LogP contribution in [-0.4, -0.2) is 30.2 Å². The summed E-state index contributed by atoms with van der Waals surface area (Å²) in [4.78, 5) is 43.2. The van der Waals surface area contributed by atoms with Gasteiger partial charge in [-0.3, -0.25) is 14.2 Å². The lowest BCUT2D eigenvalue weighted by atomic mass is 9.95. The number of methoxy groups -OCH3 is 1. The minimum absolute atomic E-state index is 0.152. The molecule has 0 amide bonds. The second kappa shape index (κ2) is 10.9. The highest BCUT2D eigenvalue weighted by Crippen LogP contribution is 2.36. The van der Waals surface area contributed by atoms with Crippen molar-refractivity contribution in [2.75, 3.05) is 13.7 Å². The Balaban J connectivity index is 1.95. The molecule has 0 aliphatic carbocycles. The van der Waals surface area contributed by atoms with E-state index in [2.05, 4.69) is 4.99 Å². The molecule has 0 spiro atoms. The van der Waals surface area contributed by atoms with E-state index in [-0.39, 0.29) is 29.2 Å². The number of esters is 2. The van der Waals surface area contributed by atoms with E-state index in [4.69, 9.17) is 37.4 Å². The molecule has 0 bridgehead atoms. The highest BCUT2D eigenvalue weighted by atomic mass is 35.5. The molecule has 0 fully saturated rings. The zero-order chi connectivity index (χ0) is 26.9. The molecular weight excluding hydrogens is 539 g/mol. The fourth-order valence-electron chi connectivity index (χ4n) is 3.95. The number of allylic oxidation sites excluding steroid dienone is 1. The Labute approximate surface area is 226 Å². The van der Waals surface area contributed by atoms with Crippen molar-refractivity contribution in [3.63, 3.8) is 0 Å². The molecule has 8 nitrogen and oxygen atoms in total. The molecular formula is C26H22Cl2N2O6S. The molecule has 1 atom stereocenters. The van der Waals surface area contributed by atoms with Crippen molar-refractivity contribution in [2.45, 2.75) is 26.8 Å². The fraction of sp³-hybridized carbons (Fsp3) is 0.231. The molecule has 0 N–H and O–H groups in total. The summed E-state index contributed by atoms with van der Waals surface area (Å²) >= 11 is 13.4. The third-order valence-electron chi connectivity index (χ3n) is 5.52. The molecule has 192 valence electrons. The van der Waals surface area contributed by atoms with Gasteiger partial charge < -0.3 is 14.2 Å². The fourth-order valence-corrected chi connectivity index (χ4v) is 5.31. The molecule has 2 aromatic carbocycles. The third kappa shape index (κ3) is 5.34. The largest absolute Gasteiger partial charge is 0.493 e. The number of thiazole rings is 1. The number of rotatable bonds is 6. The maximum Gasteiger partial charge on any atom is 0.338 e. The van der Waals surface area contributed by atoms with Crippen LogP contribution >= 0.6 is 34.5 Å². The molecule has 2 heterocycles. The quantitative estimate of drug-likeness (QED) is 0.333. The molecule has 4 rings (SSSR count). The van der Waals surface area contributed by atoms with Gasteiger partial charge in [0.2, 0.25) is 0 Å². The molecule has 1 unspecified atom stereocenters. The van der Waals surface area contributed by atoms with Crippen molar-refractivity contribution in [1.82, 2.24) is 4.57 Å². The minimum Gasteiger partial charge on any atom is -0.493 e. The van der Waals surface area contributed by atoms with E-state index in [0.29, 0.717) is 36.2 Å². The Kier molecular flexibility index (Phi) is 7.87. The second-order valence-electron chi connectivity index (χ2n) is 7.98. The smallest absolute Gasteiger partial charge is 0.338 e. The summed E-state index contributed by atoms with van der Waals surface area (Å²) in [6.45, 7) is 4.83. The maximum absolute atomic E-state index is 13.7. The molecule has 3 aromatic rings. The van der Waals surface area contributed by atoms with Crippen LogP contribution in [0.25, 0.3) is 6.08 Å². The van der Waals surface area contributed by atoms with Gasteiger partial charge in [-0.25, -0.2) is 9.79 Å². The zero-order valence-electron chi connectivity index (χ0n) is 20.3. The standard InChI is InChI=1S/C26H22Cl2N2O6S/c1-5-35-25(33)22-13(2)29-26-30(23(22)16-7-9-19(36-14(3)31)20(12-16)34-4)24(32)21(37-26)11-15-6-8-17(27)18(28)10-15/h6-12,23H,5H2,1-4H3/b21-11-. The summed E-state index contributed by atoms with van der Waals surface area (Å²) in [7, 11) is 1.43. The summed E-state index contributed by atoms with van der Waals surface area (Å²) in [5.41, 5.74) is 1.53. The lowest BCUT2D eigenvalue weighted by molar-refractivity contribution is -0.139. The Morgan fingerprint density at radius 3 is 2.54 bits per heavy atom. The Morgan fingerprint density at radius 1 is 1.14 bits per heavy atom. The topological polar surface area (TPSA) is 96.2 Å². The predicted molar refractivity (Wildman–Crippen MR) is 141 cm³/mol. The first-order chi connectivity index (χ1) is 17.6. The van der Waals surface area contributed by atoms with E-state index < -0.39 is 18.0 Å². The maximum atomic E-state index is 13.7. The summed E-state index contributed by atoms with van der Waals surface area (Å²) in [5.74, 6) is -0.618. The molecule has 0 radical (unpaired) electrons. The lowest BCUT2D eigenvalue weighted by Crippen LogP contribution is -2.40. The van der Waals surface area contributed by atoms with Gasteiger partial charge in [0.05, 0.1) is 45.6 Å². The van der Waals surface area contributed by atoms with Crippen LogP contribution in [0.5, 0.6) is 11.5 Å². The van der Waals surface area contributed by atoms with Crippen LogP contribution < -0.4 is 24.4 Å². The Morgan fingerprint density at radius 2 is 1.89 bits per heavy atom. The first-order valence-corrected chi connectivity index (χ1v) is 12.7. The van der Waals surface area contributed by atoms with E-state index >= 15 is 0 Å². The zero-order valence-corrected chi connectivity index (χ0v) is 22.7. The van der Waals surface area contributed by atoms with Gasteiger partial charge >= 0.3 is 11.9 Å². The van der Waals surface area contributed by atoms with Gasteiger partial charge in [-0.15, -0.1) is 0 Å². The van der Waals surface area contributed by atoms with E-state index in [1.165, 1.54) is 29.9 Å². The van der Waals surface area contributed by atoms with Crippen molar-refractivity contribution in [1.29, 1.82) is 0 Å². The van der Waals surface area contributed by atoms with Crippen molar-refractivity contribution in [2.24, 2.45) is 4.99 Å². The Bertz CT molecular complexity index is 1620. The highest BCUT2D eigenvalue weighted by molar-refractivity contribution is 7.07. The molecule has 0 saturated carbocycles. The van der Waals surface area contributed by atoms with Gasteiger partial charge in [0.15, 0.2) is 16.3 Å². The molecule has 11 heteroatoms. The lowest BCUT2D eigenvalue weighted by Gasteiger charge is -2.25. The monoisotopic (exact) mass is 560 g/mol. The molecule has 0 saturated heterocycles. The van der Waals surface area contributed by atoms with E-state index in [1.807, 2.05) is 0 Å². The molecule has 1 aliphatic heterocycles. The van der Waals surface area contributed by atoms with Crippen LogP contribution in [0.3, 0.4) is 0 Å². The number of hydrogen-bond acceptors (Lipinski definition) is 8. The van der Waals surface area contributed by atoms with E-state index in [9.17, 15) is 14.4 Å². The van der Waals surface area contributed by atoms with Gasteiger partial charge in [0.1, 0.15) is 0 Å². The number of nitrogens with zero attached hydrogens (tertiary/aromatic N) is 2. The van der Waals surface area contributed by atoms with Crippen LogP contribution in [-0.2, 0) is 14.3 Å². The first-order valence-electron chi connectivity index (χ1n) is 11.2. The normalized spacial score (nSPS) is 15.2. The number of aromatic nitrogens is 1. The number of carbonyl (C=O) groups excluding carboxylic acids is 2. The number of ether oxygens (including phenoxy) is 3. The first kappa shape index (κ1) is 26.7. The number of benzene rings is 2. The van der Waals surface area contributed by atoms with Crippen LogP contribution in [0, 0.1) is 0 Å². The van der Waals surface area contributed by atoms with Crippen LogP contribution in [0.15, 0.2) is 57.5 Å². The van der Waals surface area contributed by atoms with Gasteiger partial charge in [-0.1, -0.05) is 46.7 Å². The van der Waals surface area contributed by atoms with Crippen LogP contribution in [0.1, 0.15) is 37.9 Å². The van der Waals surface area contributed by atoms with Crippen LogP contribution in [0.4, 0.5) is 0 Å². The number of halogens is 2. The van der Waals surface area contributed by atoms with Gasteiger partial charge in [0.25, 0.3) is 5.56 Å². The average Bonchev–Trinajstić information content (AvgIpc) is 3.15. The van der Waals surface area contributed by atoms with Crippen molar-refractivity contribution >= 4 is 52.6 Å². The molecule has 1 aliphatic rings. The van der Waals surface area contributed by atoms with Gasteiger partial charge in [-0.05, 0) is 55.3 Å². The third-order valence-corrected chi connectivity index (χ3v) is 7.24. The minimum atomic E-state index is -0.855. The predicted octanol–water partition coefficient (Wildman–Crippen LogP) is 4.04. The number of carbonyl (C=O) groups is 2. The summed E-state index contributed by atoms with van der Waals surface area (Å²) < 4.78 is 17.8. The Hall–Kier alpha value is -3.40. The SMILES string of the molecule is CCOC(=O)C1=C(C)N=c2s/c(=C\c3ccc(Cl)c(Cl)c3)c(=O)n2C1c1ccc(OC(C)=O)c(OC)c1. The summed E-state index contributed by atoms with van der Waals surface area (Å²) in [6.07, 6.45) is 1.69. The second-order valence-corrected chi connectivity index (χ2v) is 9.80. The molecule has 37 heavy (non-hydrogen) atoms. The van der Waals surface area contributed by atoms with Crippen molar-refractivity contribution in [3.8, 4) is 11.5 Å². The van der Waals surface area contributed by atoms with Crippen molar-refractivity contribution in [3.05, 3.63) is 88.5 Å². The number of fused-ring (bicyclic) bond motifs is 1. The number of hydrogen-bond donors (Lipinski definition) is 0.